The molecule has 0 aromatic heterocycles. The van der Waals surface area contributed by atoms with E-state index in [0.717, 1.165) is 0 Å². The summed E-state index contributed by atoms with van der Waals surface area (Å²) in [4.78, 5) is 0.0543. The predicted octanol–water partition coefficient (Wildman–Crippen LogP) is 15.3. The average molecular weight is 757 g/mol. The maximum atomic E-state index is 10.2. The minimum absolute atomic E-state index is 0.0543. The molecule has 0 heterocycles. The molecule has 0 N–H and O–H groups in total. The van der Waals surface area contributed by atoms with Gasteiger partial charge < -0.3 is 4.90 Å². The summed E-state index contributed by atoms with van der Waals surface area (Å²) >= 11 is 0. The second kappa shape index (κ2) is 13.7. The lowest BCUT2D eigenvalue weighted by atomic mass is 9.82. The number of para-hydroxylation sites is 1. The van der Waals surface area contributed by atoms with Crippen LogP contribution in [0.1, 0.15) is 81.0 Å². The standard InChI is InChI=1S/C55H41N/c1-55(2)51-23-13-11-22-49(51)50-36-34-45(37-52(50)55)56(53-24-14-12-20-46(53)40-17-7-4-8-18-40)44-32-29-42(30-33-44)48-35-31-41-19-9-10-21-47(41)54(48)43-27-25-39(26-28-43)38-15-5-3-6-16-38/h3-37H,1-2H3/i1D3,2D3,3D,4D,5D,6D,7D,8D,9D,10D,11D,12D,13D,14D,15D,16D,17D,18D,19D,20D,21D,22D,23D,24D,25D,26D,27D,28D,29D,30D,31D,32D,33D,34D,35D,36D,37D. The van der Waals surface area contributed by atoms with Crippen molar-refractivity contribution in [3.63, 3.8) is 0 Å². The monoisotopic (exact) mass is 757 g/mol. The topological polar surface area (TPSA) is 3.24 Å². The van der Waals surface area contributed by atoms with Gasteiger partial charge in [-0.3, -0.25) is 0 Å². The highest BCUT2D eigenvalue weighted by molar-refractivity contribution is 6.04. The summed E-state index contributed by atoms with van der Waals surface area (Å²) in [6.45, 7) is -8.29. The van der Waals surface area contributed by atoms with Crippen molar-refractivity contribution < 1.29 is 56.2 Å². The van der Waals surface area contributed by atoms with Crippen LogP contribution in [0.4, 0.5) is 17.1 Å². The molecule has 10 rings (SSSR count). The van der Waals surface area contributed by atoms with E-state index in [1.165, 1.54) is 0 Å². The fraction of sp³-hybridized carbons (Fsp3) is 0.0545. The summed E-state index contributed by atoms with van der Waals surface area (Å²) in [6, 6.07) is -44.5. The summed E-state index contributed by atoms with van der Waals surface area (Å²) < 4.78 is 374. The molecule has 9 aromatic rings. The zero-order valence-corrected chi connectivity index (χ0v) is 27.9. The van der Waals surface area contributed by atoms with Gasteiger partial charge in [-0.25, -0.2) is 0 Å². The second-order valence-corrected chi connectivity index (χ2v) is 11.8. The Labute approximate surface area is 387 Å². The van der Waals surface area contributed by atoms with E-state index in [1.807, 2.05) is 0 Å². The third-order valence-corrected chi connectivity index (χ3v) is 8.56. The molecule has 9 aromatic carbocycles. The largest absolute Gasteiger partial charge is 0.310 e. The van der Waals surface area contributed by atoms with Crippen molar-refractivity contribution in [1.29, 1.82) is 0 Å². The number of hydrogen-bond donors (Lipinski definition) is 0. The Hall–Kier alpha value is -6.96. The van der Waals surface area contributed by atoms with Crippen LogP contribution in [0.25, 0.3) is 66.4 Å². The van der Waals surface area contributed by atoms with Crippen LogP contribution in [0.15, 0.2) is 211 Å². The number of fused-ring (bicyclic) bond motifs is 4. The Morgan fingerprint density at radius 1 is 0.393 bits per heavy atom. The molecule has 1 aliphatic rings. The first-order valence-electron chi connectivity index (χ1n) is 36.7. The van der Waals surface area contributed by atoms with E-state index < -0.39 is 325 Å². The van der Waals surface area contributed by atoms with Gasteiger partial charge in [0.05, 0.1) is 53.7 Å². The molecule has 266 valence electrons. The molecule has 0 bridgehead atoms. The van der Waals surface area contributed by atoms with Gasteiger partial charge in [0.1, 0.15) is 0 Å². The van der Waals surface area contributed by atoms with Gasteiger partial charge in [0.15, 0.2) is 0 Å². The SMILES string of the molecule is [2H]c1c([2H])c([2H])c(-c2c([2H])c([2H])c(-c3c(-c4c([2H])c([2H])c(N(c5c([2H])c([2H])c6c(c5[2H])C(C([2H])([2H])[2H])(C([2H])([2H])[2H])c5c([2H])c([2H])c([2H])c([2H])c5-6)c5c([2H])c([2H])c([2H])c([2H])c5-c5c([2H])c([2H])c([2H])c([2H])c5[2H])c([2H])c4[2H])c([2H])c([2H])c4c([2H])c([2H])c([2H])c([2H])c34)c([2H])c2[2H])c([2H])c1[2H]. The molecule has 0 saturated carbocycles. The molecular formula is C55H41N. The van der Waals surface area contributed by atoms with Crippen molar-refractivity contribution >= 4 is 27.8 Å². The van der Waals surface area contributed by atoms with E-state index in [4.69, 9.17) is 34.3 Å². The quantitative estimate of drug-likeness (QED) is 0.157. The maximum absolute atomic E-state index is 10.2. The van der Waals surface area contributed by atoms with E-state index in [-0.39, 0.29) is 4.90 Å². The highest BCUT2D eigenvalue weighted by Crippen LogP contribution is 2.51. The third-order valence-electron chi connectivity index (χ3n) is 8.56. The number of hydrogen-bond acceptors (Lipinski definition) is 1. The van der Waals surface area contributed by atoms with Crippen LogP contribution in [0.5, 0.6) is 0 Å². The lowest BCUT2D eigenvalue weighted by Crippen LogP contribution is -2.16. The van der Waals surface area contributed by atoms with Crippen molar-refractivity contribution in [2.24, 2.45) is 0 Å². The summed E-state index contributed by atoms with van der Waals surface area (Å²) in [5, 5.41) is -1.86. The molecule has 0 radical (unpaired) electrons. The summed E-state index contributed by atoms with van der Waals surface area (Å²) in [7, 11) is 0. The summed E-state index contributed by atoms with van der Waals surface area (Å²) in [6.07, 6.45) is 0. The molecule has 0 amide bonds. The van der Waals surface area contributed by atoms with Crippen molar-refractivity contribution in [2.75, 3.05) is 4.90 Å². The molecule has 0 unspecified atom stereocenters. The zero-order chi connectivity index (χ0) is 73.1. The van der Waals surface area contributed by atoms with E-state index >= 15 is 0 Å². The van der Waals surface area contributed by atoms with Crippen LogP contribution < -0.4 is 4.90 Å². The normalized spacial score (nSPS) is 23.4. The number of anilines is 3. The Kier molecular flexibility index (Phi) is 2.83. The Morgan fingerprint density at radius 3 is 1.70 bits per heavy atom. The van der Waals surface area contributed by atoms with Crippen molar-refractivity contribution in [3.05, 3.63) is 223 Å². The molecular weight excluding hydrogens is 675 g/mol. The van der Waals surface area contributed by atoms with Gasteiger partial charge in [0, 0.05) is 30.6 Å². The molecule has 1 nitrogen and oxygen atoms in total. The molecule has 0 saturated heterocycles. The highest BCUT2D eigenvalue weighted by Gasteiger charge is 2.36. The lowest BCUT2D eigenvalue weighted by molar-refractivity contribution is 0.660. The van der Waals surface area contributed by atoms with Crippen LogP contribution >= 0.6 is 0 Å². The Bertz CT molecular complexity index is 5010. The molecule has 0 spiro atoms. The Balaban J connectivity index is 1.48. The molecule has 0 aliphatic heterocycles. The van der Waals surface area contributed by atoms with E-state index in [9.17, 15) is 21.9 Å². The van der Waals surface area contributed by atoms with Crippen molar-refractivity contribution in [3.8, 4) is 55.6 Å². The number of rotatable bonds is 7. The number of nitrogens with zero attached hydrogens (tertiary/aromatic N) is 1. The summed E-state index contributed by atoms with van der Waals surface area (Å²) in [5.41, 5.74) is -22.3. The van der Waals surface area contributed by atoms with Crippen molar-refractivity contribution in [2.45, 2.75) is 19.1 Å². The molecule has 0 fully saturated rings. The lowest BCUT2D eigenvalue weighted by Gasteiger charge is -2.30. The summed E-state index contributed by atoms with van der Waals surface area (Å²) in [5.74, 6) is 0. The van der Waals surface area contributed by atoms with Gasteiger partial charge in [-0.1, -0.05) is 195 Å². The van der Waals surface area contributed by atoms with Crippen LogP contribution in [0.2, 0.25) is 0 Å². The van der Waals surface area contributed by atoms with Gasteiger partial charge >= 0.3 is 0 Å². The van der Waals surface area contributed by atoms with Gasteiger partial charge in [-0.2, -0.15) is 0 Å². The minimum Gasteiger partial charge on any atom is -0.310 e. The first-order valence-corrected chi connectivity index (χ1v) is 16.2. The third kappa shape index (κ3) is 5.72. The Morgan fingerprint density at radius 2 is 0.929 bits per heavy atom. The van der Waals surface area contributed by atoms with Gasteiger partial charge in [-0.15, -0.1) is 0 Å². The molecule has 1 heteroatoms. The number of benzene rings is 9. The second-order valence-electron chi connectivity index (χ2n) is 11.8. The fourth-order valence-electron chi connectivity index (χ4n) is 6.07. The molecule has 0 atom stereocenters. The highest BCUT2D eigenvalue weighted by atomic mass is 15.1. The van der Waals surface area contributed by atoms with E-state index in [2.05, 4.69) is 0 Å². The van der Waals surface area contributed by atoms with Crippen LogP contribution in [-0.4, -0.2) is 0 Å². The van der Waals surface area contributed by atoms with Crippen LogP contribution in [-0.2, 0) is 5.41 Å². The van der Waals surface area contributed by atoms with Gasteiger partial charge in [0.25, 0.3) is 0 Å². The van der Waals surface area contributed by atoms with E-state index in [1.54, 1.807) is 0 Å². The minimum atomic E-state index is -4.14. The molecule has 1 aliphatic carbocycles. The average Bonchev–Trinajstić information content (AvgIpc) is 1.52. The smallest absolute Gasteiger partial charge is 0.0648 e. The van der Waals surface area contributed by atoms with Gasteiger partial charge in [-0.05, 0) is 102 Å². The maximum Gasteiger partial charge on any atom is 0.0648 e. The first-order chi connectivity index (χ1) is 44.6. The van der Waals surface area contributed by atoms with Crippen LogP contribution in [0, 0.1) is 0 Å². The predicted molar refractivity (Wildman–Crippen MR) is 238 cm³/mol. The van der Waals surface area contributed by atoms with Crippen LogP contribution in [0.3, 0.4) is 0 Å². The zero-order valence-electron chi connectivity index (χ0n) is 68.9. The van der Waals surface area contributed by atoms with Crippen molar-refractivity contribution in [1.82, 2.24) is 0 Å². The molecule has 56 heavy (non-hydrogen) atoms. The van der Waals surface area contributed by atoms with E-state index in [0.29, 0.717) is 0 Å². The van der Waals surface area contributed by atoms with Gasteiger partial charge in [0.2, 0.25) is 0 Å². The fourth-order valence-corrected chi connectivity index (χ4v) is 6.07. The first kappa shape index (κ1) is 11.5.